The van der Waals surface area contributed by atoms with E-state index in [9.17, 15) is 4.79 Å². The normalized spacial score (nSPS) is 9.93. The number of rotatable bonds is 3. The first kappa shape index (κ1) is 9.86. The molecule has 0 bridgehead atoms. The van der Waals surface area contributed by atoms with Crippen LogP contribution in [0, 0.1) is 0 Å². The van der Waals surface area contributed by atoms with Crippen LogP contribution in [0.1, 0.15) is 10.5 Å². The summed E-state index contributed by atoms with van der Waals surface area (Å²) in [5, 5.41) is 0. The van der Waals surface area contributed by atoms with E-state index in [-0.39, 0.29) is 0 Å². The number of aromatic nitrogens is 1. The molecule has 0 fully saturated rings. The van der Waals surface area contributed by atoms with Crippen LogP contribution >= 0.6 is 11.3 Å². The van der Waals surface area contributed by atoms with Crippen molar-refractivity contribution in [3.63, 3.8) is 0 Å². The van der Waals surface area contributed by atoms with E-state index in [1.54, 1.807) is 12.6 Å². The molecule has 0 saturated carbocycles. The highest BCUT2D eigenvalue weighted by atomic mass is 32.1. The Morgan fingerprint density at radius 2 is 2.33 bits per heavy atom. The largest absolute Gasteiger partial charge is 0.497 e. The maximum Gasteiger partial charge on any atom is 0.169 e. The lowest BCUT2D eigenvalue weighted by atomic mass is 10.1. The minimum atomic E-state index is 0.480. The summed E-state index contributed by atoms with van der Waals surface area (Å²) in [6, 6.07) is 7.58. The molecular formula is C11H9NO2S. The number of methoxy groups -OCH3 is 1. The van der Waals surface area contributed by atoms with Gasteiger partial charge in [0, 0.05) is 0 Å². The fraction of sp³-hybridized carbons (Fsp3) is 0.0909. The Balaban J connectivity index is 2.48. The molecule has 0 spiro atoms. The fourth-order valence-corrected chi connectivity index (χ4v) is 2.08. The second-order valence-electron chi connectivity index (χ2n) is 2.92. The summed E-state index contributed by atoms with van der Waals surface area (Å²) < 4.78 is 5.12. The van der Waals surface area contributed by atoms with Crippen molar-refractivity contribution in [2.75, 3.05) is 7.11 Å². The van der Waals surface area contributed by atoms with E-state index >= 15 is 0 Å². The molecule has 15 heavy (non-hydrogen) atoms. The molecule has 1 heterocycles. The number of nitrogens with zero attached hydrogens (tertiary/aromatic N) is 1. The molecule has 0 unspecified atom stereocenters. The molecule has 0 aliphatic heterocycles. The minimum absolute atomic E-state index is 0.480. The Kier molecular flexibility index (Phi) is 2.78. The van der Waals surface area contributed by atoms with Gasteiger partial charge in [-0.3, -0.25) is 4.79 Å². The van der Waals surface area contributed by atoms with E-state index in [0.717, 1.165) is 22.5 Å². The highest BCUT2D eigenvalue weighted by molar-refractivity contribution is 7.13. The molecule has 0 N–H and O–H groups in total. The van der Waals surface area contributed by atoms with Gasteiger partial charge in [0.2, 0.25) is 0 Å². The third-order valence-corrected chi connectivity index (χ3v) is 2.93. The predicted octanol–water partition coefficient (Wildman–Crippen LogP) is 2.63. The number of hydrogen-bond acceptors (Lipinski definition) is 4. The molecule has 2 aromatic rings. The van der Waals surface area contributed by atoms with Gasteiger partial charge in [0.15, 0.2) is 6.29 Å². The van der Waals surface area contributed by atoms with E-state index < -0.39 is 0 Å². The monoisotopic (exact) mass is 219 g/mol. The maximum atomic E-state index is 10.7. The number of hydrogen-bond donors (Lipinski definition) is 0. The topological polar surface area (TPSA) is 39.2 Å². The molecule has 76 valence electrons. The van der Waals surface area contributed by atoms with E-state index in [4.69, 9.17) is 4.74 Å². The van der Waals surface area contributed by atoms with Crippen LogP contribution < -0.4 is 4.74 Å². The number of carbonyl (C=O) groups is 1. The van der Waals surface area contributed by atoms with Crippen molar-refractivity contribution in [1.29, 1.82) is 0 Å². The van der Waals surface area contributed by atoms with Crippen molar-refractivity contribution >= 4 is 17.6 Å². The van der Waals surface area contributed by atoms with Gasteiger partial charge in [-0.1, -0.05) is 12.1 Å². The Morgan fingerprint density at radius 1 is 1.47 bits per heavy atom. The molecule has 4 heteroatoms. The molecule has 0 aliphatic carbocycles. The molecule has 0 atom stereocenters. The van der Waals surface area contributed by atoms with Crippen LogP contribution in [0.15, 0.2) is 29.8 Å². The number of carbonyl (C=O) groups excluding carboxylic acids is 1. The summed E-state index contributed by atoms with van der Waals surface area (Å²) >= 11 is 1.45. The van der Waals surface area contributed by atoms with Crippen LogP contribution in [-0.4, -0.2) is 18.4 Å². The summed E-state index contributed by atoms with van der Waals surface area (Å²) in [6.45, 7) is 0. The SMILES string of the molecule is COc1cccc(-c2scnc2C=O)c1. The molecule has 0 amide bonds. The van der Waals surface area contributed by atoms with Gasteiger partial charge in [-0.15, -0.1) is 11.3 Å². The summed E-state index contributed by atoms with van der Waals surface area (Å²) in [5.41, 5.74) is 3.10. The average Bonchev–Trinajstić information content (AvgIpc) is 2.77. The first-order chi connectivity index (χ1) is 7.35. The summed E-state index contributed by atoms with van der Waals surface area (Å²) in [5.74, 6) is 0.776. The van der Waals surface area contributed by atoms with Gasteiger partial charge in [0.25, 0.3) is 0 Å². The molecule has 3 nitrogen and oxygen atoms in total. The zero-order valence-electron chi connectivity index (χ0n) is 8.14. The van der Waals surface area contributed by atoms with Gasteiger partial charge in [-0.25, -0.2) is 4.98 Å². The molecule has 1 aromatic heterocycles. The zero-order valence-corrected chi connectivity index (χ0v) is 8.95. The van der Waals surface area contributed by atoms with Crippen LogP contribution in [0.25, 0.3) is 10.4 Å². The molecule has 0 aliphatic rings. The van der Waals surface area contributed by atoms with Crippen molar-refractivity contribution in [3.8, 4) is 16.2 Å². The quantitative estimate of drug-likeness (QED) is 0.745. The maximum absolute atomic E-state index is 10.7. The summed E-state index contributed by atoms with van der Waals surface area (Å²) in [4.78, 5) is 15.6. The Labute approximate surface area is 91.4 Å². The average molecular weight is 219 g/mol. The standard InChI is InChI=1S/C11H9NO2S/c1-14-9-4-2-3-8(5-9)11-10(6-13)12-7-15-11/h2-7H,1H3. The van der Waals surface area contributed by atoms with E-state index in [2.05, 4.69) is 4.98 Å². The van der Waals surface area contributed by atoms with Gasteiger partial charge in [0.1, 0.15) is 11.4 Å². The second-order valence-corrected chi connectivity index (χ2v) is 3.77. The Hall–Kier alpha value is -1.68. The second kappa shape index (κ2) is 4.23. The van der Waals surface area contributed by atoms with Gasteiger partial charge in [-0.05, 0) is 17.7 Å². The van der Waals surface area contributed by atoms with Crippen molar-refractivity contribution in [2.24, 2.45) is 0 Å². The fourth-order valence-electron chi connectivity index (χ4n) is 1.32. The van der Waals surface area contributed by atoms with E-state index in [1.165, 1.54) is 11.3 Å². The Bertz CT molecular complexity index is 479. The number of thiazole rings is 1. The Morgan fingerprint density at radius 3 is 3.07 bits per heavy atom. The lowest BCUT2D eigenvalue weighted by Gasteiger charge is -2.02. The molecule has 1 aromatic carbocycles. The van der Waals surface area contributed by atoms with Crippen molar-refractivity contribution in [1.82, 2.24) is 4.98 Å². The molecular weight excluding hydrogens is 210 g/mol. The molecule has 0 radical (unpaired) electrons. The zero-order chi connectivity index (χ0) is 10.7. The van der Waals surface area contributed by atoms with Crippen LogP contribution in [-0.2, 0) is 0 Å². The van der Waals surface area contributed by atoms with E-state index in [1.807, 2.05) is 24.3 Å². The van der Waals surface area contributed by atoms with Crippen LogP contribution in [0.4, 0.5) is 0 Å². The van der Waals surface area contributed by atoms with Crippen molar-refractivity contribution < 1.29 is 9.53 Å². The lowest BCUT2D eigenvalue weighted by Crippen LogP contribution is -1.85. The van der Waals surface area contributed by atoms with Crippen LogP contribution in [0.2, 0.25) is 0 Å². The van der Waals surface area contributed by atoms with Crippen molar-refractivity contribution in [3.05, 3.63) is 35.5 Å². The van der Waals surface area contributed by atoms with Gasteiger partial charge in [-0.2, -0.15) is 0 Å². The van der Waals surface area contributed by atoms with Crippen LogP contribution in [0.3, 0.4) is 0 Å². The summed E-state index contributed by atoms with van der Waals surface area (Å²) in [6.07, 6.45) is 0.769. The minimum Gasteiger partial charge on any atom is -0.497 e. The first-order valence-electron chi connectivity index (χ1n) is 4.38. The molecule has 0 saturated heterocycles. The van der Waals surface area contributed by atoms with Gasteiger partial charge < -0.3 is 4.74 Å². The number of benzene rings is 1. The number of aldehydes is 1. The highest BCUT2D eigenvalue weighted by Crippen LogP contribution is 2.29. The van der Waals surface area contributed by atoms with Crippen LogP contribution in [0.5, 0.6) is 5.75 Å². The van der Waals surface area contributed by atoms with Gasteiger partial charge >= 0.3 is 0 Å². The van der Waals surface area contributed by atoms with Crippen molar-refractivity contribution in [2.45, 2.75) is 0 Å². The predicted molar refractivity (Wildman–Crippen MR) is 59.5 cm³/mol. The van der Waals surface area contributed by atoms with E-state index in [0.29, 0.717) is 5.69 Å². The molecule has 2 rings (SSSR count). The first-order valence-corrected chi connectivity index (χ1v) is 5.26. The smallest absolute Gasteiger partial charge is 0.169 e. The highest BCUT2D eigenvalue weighted by Gasteiger charge is 2.07. The number of ether oxygens (including phenoxy) is 1. The third-order valence-electron chi connectivity index (χ3n) is 2.04. The van der Waals surface area contributed by atoms with Gasteiger partial charge in [0.05, 0.1) is 17.5 Å². The lowest BCUT2D eigenvalue weighted by molar-refractivity contribution is 0.112. The third kappa shape index (κ3) is 1.89. The summed E-state index contributed by atoms with van der Waals surface area (Å²) in [7, 11) is 1.62.